The van der Waals surface area contributed by atoms with Gasteiger partial charge in [0.15, 0.2) is 0 Å². The van der Waals surface area contributed by atoms with Crippen molar-refractivity contribution in [2.75, 3.05) is 0 Å². The molecule has 0 bridgehead atoms. The van der Waals surface area contributed by atoms with Gasteiger partial charge < -0.3 is 0 Å². The van der Waals surface area contributed by atoms with Gasteiger partial charge in [-0.25, -0.2) is 0 Å². The Morgan fingerprint density at radius 3 is 1.61 bits per heavy atom. The van der Waals surface area contributed by atoms with Crippen LogP contribution < -0.4 is 0 Å². The summed E-state index contributed by atoms with van der Waals surface area (Å²) >= 11 is -2.79. The molecule has 0 saturated heterocycles. The summed E-state index contributed by atoms with van der Waals surface area (Å²) in [7, 11) is 0. The molecule has 3 heteroatoms. The van der Waals surface area contributed by atoms with Crippen molar-refractivity contribution in [3.05, 3.63) is 15.9 Å². The Morgan fingerprint density at radius 2 is 1.35 bits per heavy atom. The zero-order valence-corrected chi connectivity index (χ0v) is 19.2. The third-order valence-electron chi connectivity index (χ3n) is 4.34. The fraction of sp³-hybridized carbons (Fsp3) is 0.800. The molecule has 0 radical (unpaired) electrons. The van der Waals surface area contributed by atoms with E-state index in [1.807, 2.05) is 20.8 Å². The Labute approximate surface area is 148 Å². The van der Waals surface area contributed by atoms with Crippen molar-refractivity contribution in [3.8, 4) is 0 Å². The number of rotatable bonds is 11. The van der Waals surface area contributed by atoms with Crippen molar-refractivity contribution in [2.24, 2.45) is 0 Å². The van der Waals surface area contributed by atoms with Crippen molar-refractivity contribution in [1.82, 2.24) is 0 Å². The molecule has 0 atom stereocenters. The van der Waals surface area contributed by atoms with E-state index < -0.39 is 24.0 Å². The number of carbonyl (C=O) groups excluding carboxylic acids is 1. The zero-order valence-electron chi connectivity index (χ0n) is 16.4. The molecular weight excluding hydrogens is 391 g/mol. The second-order valence-corrected chi connectivity index (χ2v) is 20.7. The van der Waals surface area contributed by atoms with Gasteiger partial charge in [0.25, 0.3) is 0 Å². The second-order valence-electron chi connectivity index (χ2n) is 7.64. The zero-order chi connectivity index (χ0) is 17.9. The van der Waals surface area contributed by atoms with Crippen LogP contribution in [0.15, 0.2) is 15.9 Å². The van der Waals surface area contributed by atoms with Crippen molar-refractivity contribution >= 4 is 24.3 Å². The third-order valence-corrected chi connectivity index (χ3v) is 19.7. The van der Waals surface area contributed by atoms with Gasteiger partial charge in [-0.2, -0.15) is 0 Å². The molecule has 0 aliphatic heterocycles. The molecule has 0 aromatic heterocycles. The minimum absolute atomic E-state index is 0.133. The van der Waals surface area contributed by atoms with E-state index in [1.165, 1.54) is 51.8 Å². The van der Waals surface area contributed by atoms with Crippen LogP contribution in [0.1, 0.15) is 80.1 Å². The van der Waals surface area contributed by atoms with Crippen LogP contribution in [-0.4, -0.2) is 29.9 Å². The number of unbranched alkanes of at least 4 members (excludes halogenated alkanes) is 3. The molecule has 0 rings (SSSR count). The van der Waals surface area contributed by atoms with Crippen molar-refractivity contribution in [1.29, 1.82) is 0 Å². The van der Waals surface area contributed by atoms with E-state index in [-0.39, 0.29) is 5.97 Å². The molecule has 0 amide bonds. The quantitative estimate of drug-likeness (QED) is 0.164. The summed E-state index contributed by atoms with van der Waals surface area (Å²) < 4.78 is 10.3. The van der Waals surface area contributed by atoms with Gasteiger partial charge in [-0.05, 0) is 0 Å². The molecule has 23 heavy (non-hydrogen) atoms. The Morgan fingerprint density at radius 1 is 0.957 bits per heavy atom. The Bertz CT molecular complexity index is 379. The van der Waals surface area contributed by atoms with Crippen LogP contribution in [0.25, 0.3) is 0 Å². The Hall–Kier alpha value is -0.211. The number of carbonyl (C=O) groups is 1. The Kier molecular flexibility index (Phi) is 11.3. The summed E-state index contributed by atoms with van der Waals surface area (Å²) in [6, 6.07) is 0. The average molecular weight is 429 g/mol. The monoisotopic (exact) mass is 430 g/mol. The number of hydrogen-bond donors (Lipinski definition) is 0. The SMILES string of the molecule is C=C=[C](C(=O)OC(C)(C)C)[Sn]([CH2]CCC)([CH2]CCC)[CH2]CCC. The van der Waals surface area contributed by atoms with Gasteiger partial charge in [-0.1, -0.05) is 0 Å². The predicted molar refractivity (Wildman–Crippen MR) is 103 cm³/mol. The average Bonchev–Trinajstić information content (AvgIpc) is 2.47. The van der Waals surface area contributed by atoms with Crippen molar-refractivity contribution in [2.45, 2.75) is 99.0 Å². The molecule has 0 spiro atoms. The normalized spacial score (nSPS) is 11.9. The molecule has 0 aliphatic carbocycles. The summed E-state index contributed by atoms with van der Waals surface area (Å²) in [6.45, 7) is 16.4. The fourth-order valence-corrected chi connectivity index (χ4v) is 18.7. The third kappa shape index (κ3) is 8.44. The predicted octanol–water partition coefficient (Wildman–Crippen LogP) is 6.43. The molecular formula is C20H38O2Sn. The topological polar surface area (TPSA) is 26.3 Å². The van der Waals surface area contributed by atoms with Crippen molar-refractivity contribution in [3.63, 3.8) is 0 Å². The fourth-order valence-electron chi connectivity index (χ4n) is 3.10. The first kappa shape index (κ1) is 22.8. The first-order chi connectivity index (χ1) is 10.8. The van der Waals surface area contributed by atoms with Gasteiger partial charge in [-0.3, -0.25) is 0 Å². The number of ether oxygens (including phenoxy) is 1. The summed E-state index contributed by atoms with van der Waals surface area (Å²) in [5.74, 6) is -0.133. The van der Waals surface area contributed by atoms with Crippen LogP contribution in [0, 0.1) is 0 Å². The van der Waals surface area contributed by atoms with E-state index in [9.17, 15) is 4.79 Å². The number of esters is 1. The molecule has 0 saturated carbocycles. The minimum atomic E-state index is -2.79. The first-order valence-corrected chi connectivity index (χ1v) is 16.9. The summed E-state index contributed by atoms with van der Waals surface area (Å²) in [4.78, 5) is 12.8. The maximum atomic E-state index is 12.8. The van der Waals surface area contributed by atoms with Crippen LogP contribution in [-0.2, 0) is 9.53 Å². The van der Waals surface area contributed by atoms with Crippen LogP contribution in [0.5, 0.6) is 0 Å². The summed E-state index contributed by atoms with van der Waals surface area (Å²) in [5.41, 5.74) is 2.63. The molecule has 0 heterocycles. The molecule has 0 fully saturated rings. The maximum absolute atomic E-state index is 12.8. The van der Waals surface area contributed by atoms with Crippen LogP contribution in [0.4, 0.5) is 0 Å². The van der Waals surface area contributed by atoms with E-state index in [0.29, 0.717) is 0 Å². The second kappa shape index (κ2) is 11.4. The molecule has 2 nitrogen and oxygen atoms in total. The van der Waals surface area contributed by atoms with E-state index in [2.05, 4.69) is 33.1 Å². The van der Waals surface area contributed by atoms with Gasteiger partial charge in [0, 0.05) is 0 Å². The van der Waals surface area contributed by atoms with Crippen LogP contribution >= 0.6 is 0 Å². The molecule has 0 aliphatic rings. The van der Waals surface area contributed by atoms with E-state index in [4.69, 9.17) is 4.74 Å². The molecule has 0 N–H and O–H groups in total. The molecule has 134 valence electrons. The molecule has 0 unspecified atom stereocenters. The van der Waals surface area contributed by atoms with E-state index in [1.54, 1.807) is 0 Å². The standard InChI is InChI=1S/C8H11O2.3C4H9.Sn/c1-5-6-7(9)10-8(2,3)4;3*1-3-4-2;/h1H2,2-4H3;3*1,3-4H2,2H3;. The van der Waals surface area contributed by atoms with Crippen molar-refractivity contribution < 1.29 is 9.53 Å². The van der Waals surface area contributed by atoms with Gasteiger partial charge in [0.05, 0.1) is 0 Å². The summed E-state index contributed by atoms with van der Waals surface area (Å²) in [5, 5.41) is 0. The van der Waals surface area contributed by atoms with E-state index in [0.717, 1.165) is 3.59 Å². The van der Waals surface area contributed by atoms with Crippen LogP contribution in [0.3, 0.4) is 0 Å². The van der Waals surface area contributed by atoms with Gasteiger partial charge in [0.2, 0.25) is 0 Å². The Balaban J connectivity index is 5.61. The van der Waals surface area contributed by atoms with E-state index >= 15 is 0 Å². The summed E-state index contributed by atoms with van der Waals surface area (Å²) in [6.07, 6.45) is 7.23. The first-order valence-electron chi connectivity index (χ1n) is 9.40. The number of hydrogen-bond acceptors (Lipinski definition) is 2. The van der Waals surface area contributed by atoms with Gasteiger partial charge in [-0.15, -0.1) is 0 Å². The molecule has 0 aromatic rings. The van der Waals surface area contributed by atoms with Crippen LogP contribution in [0.2, 0.25) is 13.3 Å². The van der Waals surface area contributed by atoms with Gasteiger partial charge >= 0.3 is 149 Å². The molecule has 0 aromatic carbocycles. The van der Waals surface area contributed by atoms with Gasteiger partial charge in [0.1, 0.15) is 0 Å².